The normalized spacial score (nSPS) is 11.6. The Bertz CT molecular complexity index is 2980. The number of furan rings is 1. The van der Waals surface area contributed by atoms with Gasteiger partial charge in [0.2, 0.25) is 5.28 Å². The summed E-state index contributed by atoms with van der Waals surface area (Å²) in [6.07, 6.45) is 0. The lowest BCUT2D eigenvalue weighted by molar-refractivity contribution is 0.670. The minimum atomic E-state index is 0.134. The molecular formula is C47H28ClN3O. The molecule has 0 saturated carbocycles. The Morgan fingerprint density at radius 2 is 1.00 bits per heavy atom. The topological polar surface area (TPSA) is 51.8 Å². The Kier molecular flexibility index (Phi) is 7.15. The summed E-state index contributed by atoms with van der Waals surface area (Å²) < 4.78 is 6.64. The Morgan fingerprint density at radius 1 is 0.385 bits per heavy atom. The van der Waals surface area contributed by atoms with Crippen LogP contribution in [0.2, 0.25) is 5.28 Å². The highest BCUT2D eigenvalue weighted by atomic mass is 35.5. The summed E-state index contributed by atoms with van der Waals surface area (Å²) in [7, 11) is 0. The molecule has 0 amide bonds. The average Bonchev–Trinajstić information content (AvgIpc) is 3.60. The first-order valence-electron chi connectivity index (χ1n) is 17.2. The molecule has 0 aliphatic carbocycles. The van der Waals surface area contributed by atoms with E-state index < -0.39 is 0 Å². The van der Waals surface area contributed by atoms with Gasteiger partial charge >= 0.3 is 0 Å². The van der Waals surface area contributed by atoms with Crippen molar-refractivity contribution in [3.63, 3.8) is 0 Å². The SMILES string of the molecule is Clc1nc(-c2ccc(-c3ccc4ccccc4c3)cc2)nc(-c2cccc3oc4c(-c5cccc(-c6cccc7ccccc67)c5)cccc4c23)n1. The largest absolute Gasteiger partial charge is 0.455 e. The van der Waals surface area contributed by atoms with Gasteiger partial charge < -0.3 is 4.42 Å². The van der Waals surface area contributed by atoms with Gasteiger partial charge in [-0.05, 0) is 79.2 Å². The molecule has 0 saturated heterocycles. The van der Waals surface area contributed by atoms with Crippen LogP contribution < -0.4 is 0 Å². The number of para-hydroxylation sites is 1. The highest BCUT2D eigenvalue weighted by molar-refractivity contribution is 6.28. The summed E-state index contributed by atoms with van der Waals surface area (Å²) >= 11 is 6.60. The number of hydrogen-bond acceptors (Lipinski definition) is 4. The van der Waals surface area contributed by atoms with Crippen molar-refractivity contribution in [1.82, 2.24) is 15.0 Å². The van der Waals surface area contributed by atoms with E-state index in [1.165, 1.54) is 27.1 Å². The monoisotopic (exact) mass is 685 g/mol. The molecule has 5 heteroatoms. The smallest absolute Gasteiger partial charge is 0.226 e. The summed E-state index contributed by atoms with van der Waals surface area (Å²) in [6, 6.07) is 59.1. The van der Waals surface area contributed by atoms with Gasteiger partial charge in [0.15, 0.2) is 11.6 Å². The first-order valence-corrected chi connectivity index (χ1v) is 17.6. The van der Waals surface area contributed by atoms with Gasteiger partial charge in [-0.15, -0.1) is 0 Å². The molecule has 4 nitrogen and oxygen atoms in total. The van der Waals surface area contributed by atoms with Crippen LogP contribution in [0.1, 0.15) is 0 Å². The fraction of sp³-hybridized carbons (Fsp3) is 0. The molecule has 0 fully saturated rings. The van der Waals surface area contributed by atoms with E-state index in [0.29, 0.717) is 11.6 Å². The predicted octanol–water partition coefficient (Wildman–Crippen LogP) is 13.1. The minimum absolute atomic E-state index is 0.134. The summed E-state index contributed by atoms with van der Waals surface area (Å²) in [4.78, 5) is 14.1. The van der Waals surface area contributed by atoms with E-state index in [0.717, 1.165) is 60.9 Å². The molecule has 2 aromatic heterocycles. The van der Waals surface area contributed by atoms with Crippen LogP contribution in [0.25, 0.3) is 99.6 Å². The van der Waals surface area contributed by atoms with Crippen LogP contribution in [-0.4, -0.2) is 15.0 Å². The third kappa shape index (κ3) is 5.20. The van der Waals surface area contributed by atoms with E-state index in [9.17, 15) is 0 Å². The Balaban J connectivity index is 1.05. The first-order chi connectivity index (χ1) is 25.7. The van der Waals surface area contributed by atoms with Crippen LogP contribution >= 0.6 is 11.6 Å². The maximum Gasteiger partial charge on any atom is 0.226 e. The lowest BCUT2D eigenvalue weighted by Crippen LogP contribution is -1.97. The third-order valence-electron chi connectivity index (χ3n) is 9.87. The molecule has 0 atom stereocenters. The number of aromatic nitrogens is 3. The Labute approximate surface area is 304 Å². The number of halogens is 1. The van der Waals surface area contributed by atoms with Gasteiger partial charge in [-0.25, -0.2) is 4.98 Å². The van der Waals surface area contributed by atoms with E-state index in [4.69, 9.17) is 21.0 Å². The van der Waals surface area contributed by atoms with Gasteiger partial charge in [-0.2, -0.15) is 9.97 Å². The van der Waals surface area contributed by atoms with Gasteiger partial charge in [0.25, 0.3) is 0 Å². The van der Waals surface area contributed by atoms with Crippen LogP contribution in [0, 0.1) is 0 Å². The van der Waals surface area contributed by atoms with E-state index in [-0.39, 0.29) is 5.28 Å². The predicted molar refractivity (Wildman–Crippen MR) is 214 cm³/mol. The van der Waals surface area contributed by atoms with Crippen LogP contribution in [0.4, 0.5) is 0 Å². The zero-order chi connectivity index (χ0) is 34.6. The molecule has 0 aliphatic heterocycles. The second-order valence-electron chi connectivity index (χ2n) is 13.0. The molecule has 0 bridgehead atoms. The average molecular weight is 686 g/mol. The second kappa shape index (κ2) is 12.3. The summed E-state index contributed by atoms with van der Waals surface area (Å²) in [5, 5.41) is 6.93. The molecule has 0 unspecified atom stereocenters. The summed E-state index contributed by atoms with van der Waals surface area (Å²) in [6.45, 7) is 0. The fourth-order valence-electron chi connectivity index (χ4n) is 7.37. The van der Waals surface area contributed by atoms with E-state index in [1.54, 1.807) is 0 Å². The molecule has 0 radical (unpaired) electrons. The molecule has 0 aliphatic rings. The van der Waals surface area contributed by atoms with Crippen molar-refractivity contribution in [2.45, 2.75) is 0 Å². The van der Waals surface area contributed by atoms with Crippen molar-refractivity contribution in [1.29, 1.82) is 0 Å². The van der Waals surface area contributed by atoms with Gasteiger partial charge in [0.05, 0.1) is 0 Å². The van der Waals surface area contributed by atoms with Crippen molar-refractivity contribution >= 4 is 55.1 Å². The van der Waals surface area contributed by atoms with E-state index in [1.807, 2.05) is 30.3 Å². The number of rotatable bonds is 5. The highest BCUT2D eigenvalue weighted by Gasteiger charge is 2.19. The lowest BCUT2D eigenvalue weighted by Gasteiger charge is -2.10. The molecule has 0 N–H and O–H groups in total. The molecule has 10 rings (SSSR count). The molecule has 0 spiro atoms. The molecule has 2 heterocycles. The second-order valence-corrected chi connectivity index (χ2v) is 13.3. The minimum Gasteiger partial charge on any atom is -0.455 e. The third-order valence-corrected chi connectivity index (χ3v) is 10.0. The lowest BCUT2D eigenvalue weighted by atomic mass is 9.94. The van der Waals surface area contributed by atoms with Crippen LogP contribution in [0.3, 0.4) is 0 Å². The van der Waals surface area contributed by atoms with Gasteiger partial charge in [-0.3, -0.25) is 0 Å². The Hall–Kier alpha value is -6.62. The van der Waals surface area contributed by atoms with Crippen molar-refractivity contribution < 1.29 is 4.42 Å². The van der Waals surface area contributed by atoms with Crippen LogP contribution in [0.15, 0.2) is 174 Å². The quantitative estimate of drug-likeness (QED) is 0.181. The standard InChI is InChI=1S/C47H28ClN3O/c48-47-50-45(32-24-21-30(22-25-32)34-26-23-29-9-1-2-11-33(29)27-34)49-46(51-47)41-19-8-20-42-43(41)40-18-7-17-39(44(40)52-42)36-14-5-13-35(28-36)38-16-6-12-31-10-3-4-15-37(31)38/h1-28H. The highest BCUT2D eigenvalue weighted by Crippen LogP contribution is 2.41. The molecular weight excluding hydrogens is 658 g/mol. The van der Waals surface area contributed by atoms with Crippen molar-refractivity contribution in [2.75, 3.05) is 0 Å². The Morgan fingerprint density at radius 3 is 1.88 bits per heavy atom. The van der Waals surface area contributed by atoms with Crippen LogP contribution in [0.5, 0.6) is 0 Å². The van der Waals surface area contributed by atoms with E-state index in [2.05, 4.69) is 149 Å². The first kappa shape index (κ1) is 30.2. The zero-order valence-corrected chi connectivity index (χ0v) is 28.5. The number of fused-ring (bicyclic) bond motifs is 5. The maximum absolute atomic E-state index is 6.64. The molecule has 10 aromatic rings. The summed E-state index contributed by atoms with van der Waals surface area (Å²) in [5.41, 5.74) is 9.96. The van der Waals surface area contributed by atoms with Gasteiger partial charge in [0.1, 0.15) is 11.2 Å². The van der Waals surface area contributed by atoms with Gasteiger partial charge in [-0.1, -0.05) is 152 Å². The van der Waals surface area contributed by atoms with Crippen LogP contribution in [-0.2, 0) is 0 Å². The molecule has 244 valence electrons. The molecule has 52 heavy (non-hydrogen) atoms. The maximum atomic E-state index is 6.64. The number of benzene rings is 8. The fourth-order valence-corrected chi connectivity index (χ4v) is 7.53. The number of nitrogens with zero attached hydrogens (tertiary/aromatic N) is 3. The molecule has 8 aromatic carbocycles. The van der Waals surface area contributed by atoms with E-state index >= 15 is 0 Å². The van der Waals surface area contributed by atoms with Crippen molar-refractivity contribution in [3.05, 3.63) is 175 Å². The summed E-state index contributed by atoms with van der Waals surface area (Å²) in [5.74, 6) is 1.00. The van der Waals surface area contributed by atoms with Crippen molar-refractivity contribution in [3.8, 4) is 56.2 Å². The zero-order valence-electron chi connectivity index (χ0n) is 27.8. The van der Waals surface area contributed by atoms with Gasteiger partial charge in [0, 0.05) is 27.5 Å². The van der Waals surface area contributed by atoms with Crippen molar-refractivity contribution in [2.24, 2.45) is 0 Å². The number of hydrogen-bond donors (Lipinski definition) is 0.